The van der Waals surface area contributed by atoms with Gasteiger partial charge >= 0.3 is 0 Å². The van der Waals surface area contributed by atoms with E-state index in [0.717, 1.165) is 35.1 Å². The number of fused-ring (bicyclic) bond motifs is 5. The minimum Gasteiger partial charge on any atom is -0.399 e. The highest BCUT2D eigenvalue weighted by atomic mass is 35.5. The van der Waals surface area contributed by atoms with E-state index in [9.17, 15) is 0 Å². The van der Waals surface area contributed by atoms with Crippen LogP contribution < -0.4 is 5.73 Å². The Balaban J connectivity index is 1.54. The van der Waals surface area contributed by atoms with Crippen LogP contribution in [0.5, 0.6) is 0 Å². The molecular formula is C15H16ClN5. The SMILES string of the molecule is Nc1cc(Cl)cc(-c2nnnn2C2C3C4CCC(C4)C32)c1. The Bertz CT molecular complexity index is 690. The summed E-state index contributed by atoms with van der Waals surface area (Å²) in [6.45, 7) is 0. The fraction of sp³-hybridized carbons (Fsp3) is 0.533. The summed E-state index contributed by atoms with van der Waals surface area (Å²) in [7, 11) is 0. The normalized spacial score (nSPS) is 36.0. The molecule has 4 unspecified atom stereocenters. The van der Waals surface area contributed by atoms with Crippen LogP contribution in [0.1, 0.15) is 25.3 Å². The highest BCUT2D eigenvalue weighted by Crippen LogP contribution is 2.71. The van der Waals surface area contributed by atoms with E-state index < -0.39 is 0 Å². The third kappa shape index (κ3) is 1.61. The number of hydrogen-bond donors (Lipinski definition) is 1. The first kappa shape index (κ1) is 12.0. The Morgan fingerprint density at radius 2 is 1.90 bits per heavy atom. The van der Waals surface area contributed by atoms with Crippen LogP contribution in [0.3, 0.4) is 0 Å². The van der Waals surface area contributed by atoms with E-state index in [0.29, 0.717) is 16.8 Å². The van der Waals surface area contributed by atoms with E-state index in [2.05, 4.69) is 15.5 Å². The molecule has 2 aromatic rings. The predicted molar refractivity (Wildman–Crippen MR) is 79.5 cm³/mol. The van der Waals surface area contributed by atoms with Gasteiger partial charge in [0.25, 0.3) is 0 Å². The minimum atomic E-state index is 0.487. The number of rotatable bonds is 2. The van der Waals surface area contributed by atoms with Crippen LogP contribution in [-0.4, -0.2) is 20.2 Å². The van der Waals surface area contributed by atoms with Crippen molar-refractivity contribution in [1.82, 2.24) is 20.2 Å². The lowest BCUT2D eigenvalue weighted by atomic mass is 10.0. The van der Waals surface area contributed by atoms with Crippen LogP contribution in [0.25, 0.3) is 11.4 Å². The molecule has 0 saturated heterocycles. The molecule has 3 aliphatic rings. The van der Waals surface area contributed by atoms with Crippen LogP contribution >= 0.6 is 11.6 Å². The van der Waals surface area contributed by atoms with Crippen molar-refractivity contribution in [2.45, 2.75) is 25.3 Å². The van der Waals surface area contributed by atoms with Crippen LogP contribution in [0.15, 0.2) is 18.2 Å². The average Bonchev–Trinajstić information content (AvgIpc) is 2.87. The average molecular weight is 302 g/mol. The number of aromatic nitrogens is 4. The topological polar surface area (TPSA) is 69.6 Å². The Hall–Kier alpha value is -1.62. The zero-order valence-electron chi connectivity index (χ0n) is 11.5. The first-order valence-electron chi connectivity index (χ1n) is 7.56. The summed E-state index contributed by atoms with van der Waals surface area (Å²) in [5.41, 5.74) is 7.44. The van der Waals surface area contributed by atoms with Gasteiger partial charge in [-0.3, -0.25) is 0 Å². The van der Waals surface area contributed by atoms with E-state index >= 15 is 0 Å². The molecule has 5 nitrogen and oxygen atoms in total. The van der Waals surface area contributed by atoms with Gasteiger partial charge in [0.15, 0.2) is 5.82 Å². The summed E-state index contributed by atoms with van der Waals surface area (Å²) in [6.07, 6.45) is 4.21. The molecule has 6 heteroatoms. The molecule has 21 heavy (non-hydrogen) atoms. The van der Waals surface area contributed by atoms with Crippen molar-refractivity contribution < 1.29 is 0 Å². The number of anilines is 1. The van der Waals surface area contributed by atoms with E-state index in [1.165, 1.54) is 19.3 Å². The maximum Gasteiger partial charge on any atom is 0.182 e. The highest BCUT2D eigenvalue weighted by Gasteiger charge is 2.66. The highest BCUT2D eigenvalue weighted by molar-refractivity contribution is 6.31. The van der Waals surface area contributed by atoms with Gasteiger partial charge in [-0.25, -0.2) is 4.68 Å². The molecule has 0 spiro atoms. The summed E-state index contributed by atoms with van der Waals surface area (Å²) in [6, 6.07) is 6.00. The largest absolute Gasteiger partial charge is 0.399 e. The predicted octanol–water partition coefficient (Wildman–Crippen LogP) is 2.79. The molecule has 3 aliphatic carbocycles. The number of nitrogens with two attached hydrogens (primary N) is 1. The van der Waals surface area contributed by atoms with Crippen LogP contribution in [0.4, 0.5) is 5.69 Å². The van der Waals surface area contributed by atoms with E-state index in [4.69, 9.17) is 17.3 Å². The second kappa shape index (κ2) is 3.97. The van der Waals surface area contributed by atoms with Gasteiger partial charge in [-0.1, -0.05) is 11.6 Å². The summed E-state index contributed by atoms with van der Waals surface area (Å²) in [4.78, 5) is 0. The molecule has 3 fully saturated rings. The third-order valence-corrected chi connectivity index (χ3v) is 5.87. The van der Waals surface area contributed by atoms with Crippen LogP contribution in [0.2, 0.25) is 5.02 Å². The summed E-state index contributed by atoms with van der Waals surface area (Å²) < 4.78 is 2.02. The Morgan fingerprint density at radius 3 is 2.62 bits per heavy atom. The Kier molecular flexibility index (Phi) is 2.27. The number of nitrogens with zero attached hydrogens (tertiary/aromatic N) is 4. The van der Waals surface area contributed by atoms with Crippen molar-refractivity contribution in [3.05, 3.63) is 23.2 Å². The molecule has 1 aromatic heterocycles. The van der Waals surface area contributed by atoms with Crippen molar-refractivity contribution in [1.29, 1.82) is 0 Å². The number of benzene rings is 1. The standard InChI is InChI=1S/C15H16ClN5/c16-10-4-9(5-11(17)6-10)15-18-19-20-21(15)14-12-7-1-2-8(3-7)13(12)14/h4-8,12-14H,1-3,17H2. The third-order valence-electron chi connectivity index (χ3n) is 5.65. The molecular weight excluding hydrogens is 286 g/mol. The lowest BCUT2D eigenvalue weighted by molar-refractivity contribution is 0.427. The molecule has 1 aromatic carbocycles. The van der Waals surface area contributed by atoms with Gasteiger partial charge in [0, 0.05) is 16.3 Å². The van der Waals surface area contributed by atoms with Gasteiger partial charge in [0.1, 0.15) is 0 Å². The van der Waals surface area contributed by atoms with Crippen LogP contribution in [-0.2, 0) is 0 Å². The molecule has 4 atom stereocenters. The van der Waals surface area contributed by atoms with Crippen molar-refractivity contribution in [2.75, 3.05) is 5.73 Å². The smallest absolute Gasteiger partial charge is 0.182 e. The van der Waals surface area contributed by atoms with Crippen molar-refractivity contribution >= 4 is 17.3 Å². The molecule has 3 saturated carbocycles. The van der Waals surface area contributed by atoms with Gasteiger partial charge in [-0.15, -0.1) is 5.10 Å². The Labute approximate surface area is 127 Å². The summed E-state index contributed by atoms with van der Waals surface area (Å²) in [5.74, 6) is 4.17. The zero-order valence-corrected chi connectivity index (χ0v) is 12.2. The number of halogens is 1. The van der Waals surface area contributed by atoms with E-state index in [1.54, 1.807) is 6.07 Å². The van der Waals surface area contributed by atoms with Gasteiger partial charge in [0.2, 0.25) is 0 Å². The van der Waals surface area contributed by atoms with Gasteiger partial charge < -0.3 is 5.73 Å². The van der Waals surface area contributed by atoms with E-state index in [1.807, 2.05) is 16.8 Å². The molecule has 5 rings (SSSR count). The van der Waals surface area contributed by atoms with Gasteiger partial charge in [-0.05, 0) is 71.6 Å². The number of nitrogen functional groups attached to an aromatic ring is 1. The maximum atomic E-state index is 6.11. The van der Waals surface area contributed by atoms with E-state index in [-0.39, 0.29) is 0 Å². The molecule has 108 valence electrons. The fourth-order valence-electron chi connectivity index (χ4n) is 4.93. The van der Waals surface area contributed by atoms with Gasteiger partial charge in [-0.2, -0.15) is 0 Å². The van der Waals surface area contributed by atoms with Crippen molar-refractivity contribution in [3.8, 4) is 11.4 Å². The fourth-order valence-corrected chi connectivity index (χ4v) is 5.18. The molecule has 2 bridgehead atoms. The molecule has 0 amide bonds. The van der Waals surface area contributed by atoms with Crippen LogP contribution in [0, 0.1) is 23.7 Å². The lowest BCUT2D eigenvalue weighted by Crippen LogP contribution is -2.08. The number of tetrazole rings is 1. The molecule has 0 radical (unpaired) electrons. The quantitative estimate of drug-likeness (QED) is 0.866. The van der Waals surface area contributed by atoms with Gasteiger partial charge in [0.05, 0.1) is 6.04 Å². The van der Waals surface area contributed by atoms with Crippen molar-refractivity contribution in [2.24, 2.45) is 23.7 Å². The second-order valence-electron chi connectivity index (χ2n) is 6.70. The maximum absolute atomic E-state index is 6.11. The first-order chi connectivity index (χ1) is 10.2. The molecule has 0 aliphatic heterocycles. The molecule has 2 N–H and O–H groups in total. The first-order valence-corrected chi connectivity index (χ1v) is 7.94. The zero-order chi connectivity index (χ0) is 14.1. The monoisotopic (exact) mass is 301 g/mol. The second-order valence-corrected chi connectivity index (χ2v) is 7.14. The van der Waals surface area contributed by atoms with Crippen molar-refractivity contribution in [3.63, 3.8) is 0 Å². The summed E-state index contributed by atoms with van der Waals surface area (Å²) >= 11 is 6.11. The summed E-state index contributed by atoms with van der Waals surface area (Å²) in [5, 5.41) is 13.0. The number of hydrogen-bond acceptors (Lipinski definition) is 4. The Morgan fingerprint density at radius 1 is 1.14 bits per heavy atom. The lowest BCUT2D eigenvalue weighted by Gasteiger charge is -2.10. The minimum absolute atomic E-state index is 0.487. The molecule has 1 heterocycles.